The van der Waals surface area contributed by atoms with Crippen molar-refractivity contribution in [3.8, 4) is 23.0 Å². The molecule has 5 aromatic rings. The number of nitrogens with zero attached hydrogens (tertiary/aromatic N) is 4. The summed E-state index contributed by atoms with van der Waals surface area (Å²) in [6.45, 7) is 7.48. The van der Waals surface area contributed by atoms with E-state index in [1.54, 1.807) is 37.1 Å². The van der Waals surface area contributed by atoms with Crippen LogP contribution in [0.15, 0.2) is 91.0 Å². The van der Waals surface area contributed by atoms with E-state index in [1.165, 1.54) is 17.9 Å². The zero-order valence-electron chi connectivity index (χ0n) is 44.6. The lowest BCUT2D eigenvalue weighted by Crippen LogP contribution is -2.41. The lowest BCUT2D eigenvalue weighted by molar-refractivity contribution is -0.146. The number of nitrogens with one attached hydrogen (secondary N) is 1. The predicted molar refractivity (Wildman–Crippen MR) is 301 cm³/mol. The Bertz CT molecular complexity index is 2880. The SMILES string of the molecule is CCCC(=O)CC(CSSC(C)(C)CCC(=O)Nc1cc(COc2cc3c(cc2OC)C(=O)N2c4ccccc4C[C@H]2CN3C)cc(COc2cc3c(cc2OC)C(=O)N2c4ccccc4C[C@H]2CN3C)c1)C(=O)OC. The number of carbonyl (C=O) groups is 5. The monoisotopic (exact) mass is 1070 g/mol. The van der Waals surface area contributed by atoms with Crippen LogP contribution in [0.4, 0.5) is 28.4 Å². The van der Waals surface area contributed by atoms with Gasteiger partial charge in [0.15, 0.2) is 23.0 Å². The van der Waals surface area contributed by atoms with Crippen LogP contribution < -0.4 is 43.9 Å². The summed E-state index contributed by atoms with van der Waals surface area (Å²) < 4.78 is 29.6. The number of hydrogen-bond donors (Lipinski definition) is 1. The van der Waals surface area contributed by atoms with E-state index < -0.39 is 11.9 Å². The first-order valence-electron chi connectivity index (χ1n) is 25.9. The molecule has 76 heavy (non-hydrogen) atoms. The van der Waals surface area contributed by atoms with E-state index in [-0.39, 0.29) is 66.4 Å². The normalized spacial score (nSPS) is 16.8. The Morgan fingerprint density at radius 2 is 1.20 bits per heavy atom. The van der Waals surface area contributed by atoms with Gasteiger partial charge in [0.25, 0.3) is 11.8 Å². The molecule has 3 amide bonds. The molecule has 0 saturated heterocycles. The first kappa shape index (κ1) is 54.0. The molecule has 17 heteroatoms. The number of Topliss-reactive ketones (excluding diaryl/α,β-unsaturated/α-hetero) is 1. The summed E-state index contributed by atoms with van der Waals surface area (Å²) in [6, 6.07) is 29.0. The van der Waals surface area contributed by atoms with E-state index in [0.717, 1.165) is 64.3 Å². The zero-order chi connectivity index (χ0) is 53.8. The molecule has 1 unspecified atom stereocenters. The van der Waals surface area contributed by atoms with E-state index in [0.29, 0.717) is 71.5 Å². The zero-order valence-corrected chi connectivity index (χ0v) is 46.2. The number of para-hydroxylation sites is 2. The topological polar surface area (TPSA) is 156 Å². The fourth-order valence-electron chi connectivity index (χ4n) is 10.8. The van der Waals surface area contributed by atoms with Crippen LogP contribution in [-0.4, -0.2) is 101 Å². The highest BCUT2D eigenvalue weighted by atomic mass is 33.1. The van der Waals surface area contributed by atoms with Gasteiger partial charge in [-0.3, -0.25) is 24.0 Å². The standard InChI is InChI=1S/C59H67N5O10S2/c1-9-14-44(65)26-40(58(69)72-8)35-75-76-59(2,3)20-19-55(66)60-41-22-36(33-73-53-29-49-45(27-51(53)70-6)56(67)63-42(31-61(49)4)24-38-15-10-12-17-47(38)63)21-37(23-41)34-74-54-30-50-46(28-52(54)71-7)57(68)64-43(32-62(50)5)25-39-16-11-13-18-48(39)64/h10-13,15-18,21-23,27-30,40,42-43H,9,14,19-20,24-26,31-35H2,1-8H3,(H,60,66)/t40?,42-,43-/m0/s1. The fourth-order valence-corrected chi connectivity index (χ4v) is 13.7. The fraction of sp³-hybridized carbons (Fsp3) is 0.407. The van der Waals surface area contributed by atoms with Crippen molar-refractivity contribution in [1.82, 2.24) is 0 Å². The van der Waals surface area contributed by atoms with E-state index in [4.69, 9.17) is 23.7 Å². The first-order valence-corrected chi connectivity index (χ1v) is 28.2. The number of methoxy groups -OCH3 is 3. The summed E-state index contributed by atoms with van der Waals surface area (Å²) in [6.07, 6.45) is 3.58. The van der Waals surface area contributed by atoms with E-state index in [2.05, 4.69) is 41.1 Å². The number of rotatable bonds is 21. The van der Waals surface area contributed by atoms with E-state index in [1.807, 2.05) is 97.5 Å². The van der Waals surface area contributed by atoms with Gasteiger partial charge in [-0.1, -0.05) is 64.9 Å². The third-order valence-corrected chi connectivity index (χ3v) is 18.0. The van der Waals surface area contributed by atoms with Gasteiger partial charge < -0.3 is 48.6 Å². The average Bonchev–Trinajstić information content (AvgIpc) is 3.92. The van der Waals surface area contributed by atoms with Crippen LogP contribution in [0.1, 0.15) is 95.8 Å². The lowest BCUT2D eigenvalue weighted by Gasteiger charge is -2.25. The van der Waals surface area contributed by atoms with Crippen LogP contribution >= 0.6 is 21.6 Å². The van der Waals surface area contributed by atoms with Crippen molar-refractivity contribution in [1.29, 1.82) is 0 Å². The average molecular weight is 1070 g/mol. The number of likely N-dealkylation sites (N-methyl/N-ethyl adjacent to an activating group) is 2. The third kappa shape index (κ3) is 11.6. The van der Waals surface area contributed by atoms with Crippen molar-refractivity contribution in [2.75, 3.05) is 79.2 Å². The van der Waals surface area contributed by atoms with Crippen molar-refractivity contribution < 1.29 is 47.7 Å². The number of fused-ring (bicyclic) bond motifs is 8. The largest absolute Gasteiger partial charge is 0.493 e. The smallest absolute Gasteiger partial charge is 0.309 e. The molecule has 3 atom stereocenters. The molecule has 0 aromatic heterocycles. The number of hydrogen-bond acceptors (Lipinski definition) is 14. The van der Waals surface area contributed by atoms with Crippen LogP contribution in [0.5, 0.6) is 23.0 Å². The molecule has 0 saturated carbocycles. The Balaban J connectivity index is 0.943. The molecule has 0 spiro atoms. The number of amides is 3. The summed E-state index contributed by atoms with van der Waals surface area (Å²) in [5.74, 6) is 0.895. The van der Waals surface area contributed by atoms with Gasteiger partial charge in [0, 0.05) is 86.1 Å². The van der Waals surface area contributed by atoms with Gasteiger partial charge >= 0.3 is 5.97 Å². The van der Waals surface area contributed by atoms with Crippen molar-refractivity contribution >= 4 is 79.5 Å². The minimum absolute atomic E-state index is 0.0241. The Morgan fingerprint density at radius 3 is 1.68 bits per heavy atom. The molecule has 4 aliphatic heterocycles. The summed E-state index contributed by atoms with van der Waals surface area (Å²) >= 11 is 0. The molecule has 1 N–H and O–H groups in total. The third-order valence-electron chi connectivity index (χ3n) is 14.6. The Kier molecular flexibility index (Phi) is 16.5. The van der Waals surface area contributed by atoms with E-state index in [9.17, 15) is 24.0 Å². The second-order valence-corrected chi connectivity index (χ2v) is 23.7. The number of benzene rings is 5. The van der Waals surface area contributed by atoms with Crippen molar-refractivity contribution in [2.45, 2.75) is 95.8 Å². The van der Waals surface area contributed by atoms with Crippen LogP contribution in [0.2, 0.25) is 0 Å². The quantitative estimate of drug-likeness (QED) is 0.0547. The number of carbonyl (C=O) groups excluding carboxylic acids is 5. The molecule has 0 aliphatic carbocycles. The molecule has 9 rings (SSSR count). The minimum atomic E-state index is -0.532. The predicted octanol–water partition coefficient (Wildman–Crippen LogP) is 10.3. The number of esters is 1. The number of anilines is 5. The van der Waals surface area contributed by atoms with Crippen LogP contribution in [0, 0.1) is 5.92 Å². The first-order chi connectivity index (χ1) is 36.6. The minimum Gasteiger partial charge on any atom is -0.493 e. The highest BCUT2D eigenvalue weighted by molar-refractivity contribution is 8.77. The second-order valence-electron chi connectivity index (χ2n) is 20.6. The maximum Gasteiger partial charge on any atom is 0.309 e. The van der Waals surface area contributed by atoms with Crippen LogP contribution in [-0.2, 0) is 45.2 Å². The molecular formula is C59H67N5O10S2. The molecule has 15 nitrogen and oxygen atoms in total. The van der Waals surface area contributed by atoms with Gasteiger partial charge in [0.1, 0.15) is 19.0 Å². The van der Waals surface area contributed by atoms with Gasteiger partial charge in [-0.25, -0.2) is 0 Å². The van der Waals surface area contributed by atoms with Crippen molar-refractivity contribution in [3.63, 3.8) is 0 Å². The molecule has 4 heterocycles. The van der Waals surface area contributed by atoms with Gasteiger partial charge in [0.05, 0.1) is 61.8 Å². The summed E-state index contributed by atoms with van der Waals surface area (Å²) in [5.41, 5.74) is 8.70. The van der Waals surface area contributed by atoms with Crippen molar-refractivity contribution in [2.24, 2.45) is 5.92 Å². The number of ether oxygens (including phenoxy) is 5. The summed E-state index contributed by atoms with van der Waals surface area (Å²) in [5, 5.41) is 3.13. The van der Waals surface area contributed by atoms with Crippen molar-refractivity contribution in [3.05, 3.63) is 124 Å². The molecule has 0 radical (unpaired) electrons. The molecule has 5 aromatic carbocycles. The summed E-state index contributed by atoms with van der Waals surface area (Å²) in [4.78, 5) is 75.4. The molecule has 0 fully saturated rings. The highest BCUT2D eigenvalue weighted by Gasteiger charge is 2.41. The van der Waals surface area contributed by atoms with Crippen LogP contribution in [0.3, 0.4) is 0 Å². The summed E-state index contributed by atoms with van der Waals surface area (Å²) in [7, 11) is 11.5. The number of ketones is 1. The Morgan fingerprint density at radius 1 is 0.684 bits per heavy atom. The molecule has 4 aliphatic rings. The lowest BCUT2D eigenvalue weighted by atomic mass is 10.0. The van der Waals surface area contributed by atoms with Gasteiger partial charge in [-0.05, 0) is 104 Å². The van der Waals surface area contributed by atoms with Crippen LogP contribution in [0.25, 0.3) is 0 Å². The van der Waals surface area contributed by atoms with E-state index >= 15 is 0 Å². The molecule has 0 bridgehead atoms. The molecule has 400 valence electrons. The van der Waals surface area contributed by atoms with Gasteiger partial charge in [0.2, 0.25) is 5.91 Å². The van der Waals surface area contributed by atoms with Gasteiger partial charge in [-0.2, -0.15) is 0 Å². The maximum atomic E-state index is 14.3. The highest BCUT2D eigenvalue weighted by Crippen LogP contribution is 2.45. The van der Waals surface area contributed by atoms with Gasteiger partial charge in [-0.15, -0.1) is 0 Å². The Labute approximate surface area is 453 Å². The molecular weight excluding hydrogens is 1000 g/mol. The Hall–Kier alpha value is -6.85. The maximum absolute atomic E-state index is 14.3. The second kappa shape index (κ2) is 23.2.